The van der Waals surface area contributed by atoms with E-state index in [1.165, 1.54) is 7.11 Å². The van der Waals surface area contributed by atoms with Gasteiger partial charge in [-0.3, -0.25) is 4.79 Å². The van der Waals surface area contributed by atoms with Gasteiger partial charge in [0.15, 0.2) is 0 Å². The molecule has 0 aliphatic carbocycles. The number of ether oxygens (including phenoxy) is 1. The Balaban J connectivity index is 1.87. The highest BCUT2D eigenvalue weighted by molar-refractivity contribution is 5.96. The first-order chi connectivity index (χ1) is 9.70. The van der Waals surface area contributed by atoms with E-state index in [9.17, 15) is 9.59 Å². The number of nitrogens with one attached hydrogen (secondary N) is 1. The average Bonchev–Trinajstić information content (AvgIpc) is 2.99. The minimum atomic E-state index is -0.422. The molecule has 1 aromatic heterocycles. The molecule has 0 aliphatic heterocycles. The van der Waals surface area contributed by atoms with Gasteiger partial charge in [0.1, 0.15) is 5.76 Å². The second-order valence-electron chi connectivity index (χ2n) is 4.15. The Morgan fingerprint density at radius 2 is 1.85 bits per heavy atom. The number of hydrogen-bond donors (Lipinski definition) is 1. The van der Waals surface area contributed by atoms with Crippen molar-refractivity contribution < 1.29 is 18.7 Å². The van der Waals surface area contributed by atoms with E-state index in [4.69, 9.17) is 4.42 Å². The fourth-order valence-electron chi connectivity index (χ4n) is 1.73. The van der Waals surface area contributed by atoms with Crippen molar-refractivity contribution in [3.05, 3.63) is 59.5 Å². The summed E-state index contributed by atoms with van der Waals surface area (Å²) < 4.78 is 9.77. The number of amides is 1. The molecule has 1 aromatic carbocycles. The second-order valence-corrected chi connectivity index (χ2v) is 4.15. The lowest BCUT2D eigenvalue weighted by atomic mass is 10.1. The van der Waals surface area contributed by atoms with Gasteiger partial charge in [0, 0.05) is 18.5 Å². The number of esters is 1. The van der Waals surface area contributed by atoms with Gasteiger partial charge in [-0.25, -0.2) is 4.79 Å². The van der Waals surface area contributed by atoms with E-state index in [1.807, 2.05) is 12.1 Å². The van der Waals surface area contributed by atoms with E-state index in [0.717, 1.165) is 5.76 Å². The smallest absolute Gasteiger partial charge is 0.337 e. The summed E-state index contributed by atoms with van der Waals surface area (Å²) in [6.07, 6.45) is 2.24. The third kappa shape index (κ3) is 3.47. The Hall–Kier alpha value is -2.56. The van der Waals surface area contributed by atoms with Crippen LogP contribution in [-0.2, 0) is 11.2 Å². The molecule has 20 heavy (non-hydrogen) atoms. The normalized spacial score (nSPS) is 10.1. The number of carbonyl (C=O) groups excluding carboxylic acids is 2. The summed E-state index contributed by atoms with van der Waals surface area (Å²) >= 11 is 0. The van der Waals surface area contributed by atoms with Crippen molar-refractivity contribution in [1.29, 1.82) is 0 Å². The summed E-state index contributed by atoms with van der Waals surface area (Å²) in [5, 5.41) is 2.78. The molecule has 1 heterocycles. The van der Waals surface area contributed by atoms with E-state index in [-0.39, 0.29) is 5.91 Å². The van der Waals surface area contributed by atoms with E-state index in [1.54, 1.807) is 30.5 Å². The van der Waals surface area contributed by atoms with E-state index < -0.39 is 5.97 Å². The van der Waals surface area contributed by atoms with Crippen LogP contribution in [0.2, 0.25) is 0 Å². The molecule has 0 atom stereocenters. The van der Waals surface area contributed by atoms with Crippen LogP contribution in [0.4, 0.5) is 0 Å². The highest BCUT2D eigenvalue weighted by Gasteiger charge is 2.08. The molecular formula is C15H15NO4. The van der Waals surface area contributed by atoms with Gasteiger partial charge in [-0.2, -0.15) is 0 Å². The maximum atomic E-state index is 11.9. The Morgan fingerprint density at radius 3 is 2.45 bits per heavy atom. The van der Waals surface area contributed by atoms with Crippen molar-refractivity contribution in [2.24, 2.45) is 0 Å². The largest absolute Gasteiger partial charge is 0.469 e. The molecule has 104 valence electrons. The summed E-state index contributed by atoms with van der Waals surface area (Å²) in [6, 6.07) is 9.98. The predicted octanol–water partition coefficient (Wildman–Crippen LogP) is 2.04. The van der Waals surface area contributed by atoms with Gasteiger partial charge in [0.05, 0.1) is 18.9 Å². The first-order valence-electron chi connectivity index (χ1n) is 6.19. The van der Waals surface area contributed by atoms with Crippen molar-refractivity contribution >= 4 is 11.9 Å². The maximum Gasteiger partial charge on any atom is 0.337 e. The van der Waals surface area contributed by atoms with Crippen LogP contribution in [0.25, 0.3) is 0 Å². The number of rotatable bonds is 5. The number of furan rings is 1. The molecule has 5 nitrogen and oxygen atoms in total. The first-order valence-corrected chi connectivity index (χ1v) is 6.19. The number of benzene rings is 1. The molecule has 2 rings (SSSR count). The van der Waals surface area contributed by atoms with Crippen molar-refractivity contribution in [1.82, 2.24) is 5.32 Å². The molecule has 1 amide bonds. The highest BCUT2D eigenvalue weighted by Crippen LogP contribution is 2.06. The van der Waals surface area contributed by atoms with Crippen LogP contribution >= 0.6 is 0 Å². The van der Waals surface area contributed by atoms with E-state index >= 15 is 0 Å². The average molecular weight is 273 g/mol. The first kappa shape index (κ1) is 13.9. The zero-order chi connectivity index (χ0) is 14.4. The molecule has 5 heteroatoms. The van der Waals surface area contributed by atoms with E-state index in [2.05, 4.69) is 10.1 Å². The molecule has 0 radical (unpaired) electrons. The zero-order valence-electron chi connectivity index (χ0n) is 11.1. The third-order valence-electron chi connectivity index (χ3n) is 2.81. The molecule has 0 unspecified atom stereocenters. The molecule has 0 spiro atoms. The van der Waals surface area contributed by atoms with Gasteiger partial charge in [0.25, 0.3) is 5.91 Å². The monoisotopic (exact) mass is 273 g/mol. The summed E-state index contributed by atoms with van der Waals surface area (Å²) in [7, 11) is 1.32. The van der Waals surface area contributed by atoms with Crippen LogP contribution in [0, 0.1) is 0 Å². The lowest BCUT2D eigenvalue weighted by Crippen LogP contribution is -2.25. The lowest BCUT2D eigenvalue weighted by molar-refractivity contribution is 0.0600. The van der Waals surface area contributed by atoms with Gasteiger partial charge in [-0.05, 0) is 36.4 Å². The number of methoxy groups -OCH3 is 1. The fourth-order valence-corrected chi connectivity index (χ4v) is 1.73. The van der Waals surface area contributed by atoms with Crippen LogP contribution in [0.15, 0.2) is 47.1 Å². The van der Waals surface area contributed by atoms with Gasteiger partial charge >= 0.3 is 5.97 Å². The van der Waals surface area contributed by atoms with Gasteiger partial charge < -0.3 is 14.5 Å². The van der Waals surface area contributed by atoms with Crippen LogP contribution in [0.5, 0.6) is 0 Å². The van der Waals surface area contributed by atoms with Crippen LogP contribution in [0.1, 0.15) is 26.5 Å². The van der Waals surface area contributed by atoms with Crippen LogP contribution in [-0.4, -0.2) is 25.5 Å². The molecule has 1 N–H and O–H groups in total. The van der Waals surface area contributed by atoms with Crippen LogP contribution < -0.4 is 5.32 Å². The Morgan fingerprint density at radius 1 is 1.15 bits per heavy atom. The molecule has 0 bridgehead atoms. The van der Waals surface area contributed by atoms with Gasteiger partial charge in [0.2, 0.25) is 0 Å². The predicted molar refractivity (Wildman–Crippen MR) is 72.5 cm³/mol. The highest BCUT2D eigenvalue weighted by atomic mass is 16.5. The topological polar surface area (TPSA) is 68.5 Å². The van der Waals surface area contributed by atoms with E-state index in [0.29, 0.717) is 24.1 Å². The summed E-state index contributed by atoms with van der Waals surface area (Å²) in [5.74, 6) is 0.217. The molecule has 0 aliphatic rings. The van der Waals surface area contributed by atoms with Crippen molar-refractivity contribution in [2.75, 3.05) is 13.7 Å². The van der Waals surface area contributed by atoms with Crippen molar-refractivity contribution in [3.8, 4) is 0 Å². The second kappa shape index (κ2) is 6.56. The molecule has 2 aromatic rings. The molecule has 0 saturated carbocycles. The minimum Gasteiger partial charge on any atom is -0.469 e. The summed E-state index contributed by atoms with van der Waals surface area (Å²) in [6.45, 7) is 0.491. The quantitative estimate of drug-likeness (QED) is 0.846. The SMILES string of the molecule is COC(=O)c1ccc(C(=O)NCCc2ccco2)cc1. The number of hydrogen-bond acceptors (Lipinski definition) is 4. The van der Waals surface area contributed by atoms with Crippen molar-refractivity contribution in [3.63, 3.8) is 0 Å². The fraction of sp³-hybridized carbons (Fsp3) is 0.200. The zero-order valence-corrected chi connectivity index (χ0v) is 11.1. The lowest BCUT2D eigenvalue weighted by Gasteiger charge is -2.05. The van der Waals surface area contributed by atoms with Crippen molar-refractivity contribution in [2.45, 2.75) is 6.42 Å². The maximum absolute atomic E-state index is 11.9. The minimum absolute atomic E-state index is 0.187. The Kier molecular flexibility index (Phi) is 4.55. The third-order valence-corrected chi connectivity index (χ3v) is 2.81. The standard InChI is InChI=1S/C15H15NO4/c1-19-15(18)12-6-4-11(5-7-12)14(17)16-9-8-13-3-2-10-20-13/h2-7,10H,8-9H2,1H3,(H,16,17). The van der Waals surface area contributed by atoms with Gasteiger partial charge in [-0.1, -0.05) is 0 Å². The number of carbonyl (C=O) groups is 2. The molecule has 0 fully saturated rings. The molecule has 0 saturated heterocycles. The van der Waals surface area contributed by atoms with Crippen LogP contribution in [0.3, 0.4) is 0 Å². The van der Waals surface area contributed by atoms with Gasteiger partial charge in [-0.15, -0.1) is 0 Å². The summed E-state index contributed by atoms with van der Waals surface area (Å²) in [4.78, 5) is 23.1. The summed E-state index contributed by atoms with van der Waals surface area (Å²) in [5.41, 5.74) is 0.914. The Labute approximate surface area is 116 Å². The Bertz CT molecular complexity index is 572. The molecular weight excluding hydrogens is 258 g/mol.